The number of rotatable bonds is 2. The van der Waals surface area contributed by atoms with Crippen LogP contribution in [0.4, 0.5) is 5.82 Å². The second kappa shape index (κ2) is 3.20. The second-order valence-electron chi connectivity index (χ2n) is 1.72. The van der Waals surface area contributed by atoms with Crippen molar-refractivity contribution >= 4 is 5.82 Å². The molecular formula is C8H12N2. The molecule has 1 aromatic rings. The van der Waals surface area contributed by atoms with E-state index in [-0.39, 0.29) is 11.4 Å². The number of hydrogen-bond donors (Lipinski definition) is 1. The van der Waals surface area contributed by atoms with Crippen molar-refractivity contribution in [3.8, 4) is 0 Å². The van der Waals surface area contributed by atoms with Gasteiger partial charge in [-0.15, -0.1) is 0 Å². The lowest BCUT2D eigenvalue weighted by molar-refractivity contribution is 0.914. The Morgan fingerprint density at radius 2 is 2.70 bits per heavy atom. The number of nitrogens with two attached hydrogens (primary N) is 1. The average Bonchev–Trinajstić information content (AvgIpc) is 2.16. The number of pyridine rings is 1. The predicted octanol–water partition coefficient (Wildman–Crippen LogP) is 1.62. The van der Waals surface area contributed by atoms with Gasteiger partial charge in [0, 0.05) is 15.8 Å². The fourth-order valence-electron chi connectivity index (χ4n) is 0.551. The predicted molar refractivity (Wildman–Crippen MR) is 42.6 cm³/mol. The van der Waals surface area contributed by atoms with Crippen molar-refractivity contribution in [1.29, 1.82) is 0 Å². The first-order valence-electron chi connectivity index (χ1n) is 6.22. The Balaban J connectivity index is 3.23. The number of nitrogen functional groups attached to an aromatic ring is 1. The Bertz CT molecular complexity index is 395. The average molecular weight is 143 g/mol. The third-order valence-electron chi connectivity index (χ3n) is 0.993. The lowest BCUT2D eigenvalue weighted by atomic mass is 10.2. The molecular weight excluding hydrogens is 124 g/mol. The number of anilines is 1. The van der Waals surface area contributed by atoms with Crippen molar-refractivity contribution in [2.45, 2.75) is 19.6 Å². The Hall–Kier alpha value is -1.05. The van der Waals surface area contributed by atoms with Gasteiger partial charge >= 0.3 is 0 Å². The quantitative estimate of drug-likeness (QED) is 0.683. The Kier molecular flexibility index (Phi) is 0.712. The monoisotopic (exact) mass is 143 g/mol. The maximum Gasteiger partial charge on any atom is 0.123 e. The van der Waals surface area contributed by atoms with Crippen LogP contribution in [0.2, 0.25) is 0 Å². The molecule has 0 amide bonds. The minimum atomic E-state index is -3.07. The summed E-state index contributed by atoms with van der Waals surface area (Å²) in [6, 6.07) is 2.52. The molecule has 2 N–H and O–H groups in total. The van der Waals surface area contributed by atoms with E-state index in [2.05, 4.69) is 4.98 Å². The molecule has 0 saturated heterocycles. The Morgan fingerprint density at radius 3 is 3.30 bits per heavy atom. The van der Waals surface area contributed by atoms with Gasteiger partial charge in [-0.05, 0) is 18.0 Å². The van der Waals surface area contributed by atoms with E-state index in [9.17, 15) is 0 Å². The van der Waals surface area contributed by atoms with E-state index >= 15 is 0 Å². The number of nitrogens with zero attached hydrogens (tertiary/aromatic N) is 1. The fraction of sp³-hybridized carbons (Fsp3) is 0.375. The van der Waals surface area contributed by atoms with Gasteiger partial charge in [-0.3, -0.25) is 0 Å². The van der Waals surface area contributed by atoms with Gasteiger partial charge in [0.05, 0.1) is 0 Å². The highest BCUT2D eigenvalue weighted by atomic mass is 14.8. The summed E-state index contributed by atoms with van der Waals surface area (Å²) in [4.78, 5) is 3.63. The minimum Gasteiger partial charge on any atom is -0.384 e. The number of aromatic nitrogens is 1. The molecule has 10 heavy (non-hydrogen) atoms. The van der Waals surface area contributed by atoms with Gasteiger partial charge in [0.15, 0.2) is 0 Å². The van der Waals surface area contributed by atoms with Gasteiger partial charge < -0.3 is 5.73 Å². The molecule has 1 heterocycles. The summed E-state index contributed by atoms with van der Waals surface area (Å²) >= 11 is 0. The summed E-state index contributed by atoms with van der Waals surface area (Å²) in [5.41, 5.74) is 5.17. The molecule has 1 aromatic heterocycles. The van der Waals surface area contributed by atoms with Crippen LogP contribution in [-0.4, -0.2) is 4.98 Å². The molecule has 0 saturated carbocycles. The second-order valence-corrected chi connectivity index (χ2v) is 1.72. The van der Waals surface area contributed by atoms with E-state index in [1.807, 2.05) is 0 Å². The standard InChI is InChI=1S/C8H12N2/c1-2-3-7-4-5-8(9)10-6-7/h4-6H,2-3H2,1H3,(H2,9,10)/i1D3,2D2,3D2. The zero-order valence-electron chi connectivity index (χ0n) is 12.3. The summed E-state index contributed by atoms with van der Waals surface area (Å²) < 4.78 is 51.3. The first-order chi connectivity index (χ1) is 7.50. The molecule has 0 aliphatic heterocycles. The third kappa shape index (κ3) is 1.72. The summed E-state index contributed by atoms with van der Waals surface area (Å²) in [6.07, 6.45) is -4.66. The molecule has 1 rings (SSSR count). The van der Waals surface area contributed by atoms with Crippen molar-refractivity contribution in [2.75, 3.05) is 5.73 Å². The van der Waals surface area contributed by atoms with Crippen LogP contribution in [0.25, 0.3) is 0 Å². The van der Waals surface area contributed by atoms with Gasteiger partial charge in [-0.25, -0.2) is 4.98 Å². The van der Waals surface area contributed by atoms with Crippen LogP contribution in [0.15, 0.2) is 18.3 Å². The molecule has 2 nitrogen and oxygen atoms in total. The van der Waals surface area contributed by atoms with Crippen molar-refractivity contribution in [3.05, 3.63) is 23.9 Å². The number of hydrogen-bond acceptors (Lipinski definition) is 2. The van der Waals surface area contributed by atoms with Gasteiger partial charge in [0.2, 0.25) is 0 Å². The summed E-state index contributed by atoms with van der Waals surface area (Å²) in [5, 5.41) is 0. The van der Waals surface area contributed by atoms with E-state index in [1.54, 1.807) is 0 Å². The highest BCUT2D eigenvalue weighted by Gasteiger charge is 1.89. The molecule has 0 unspecified atom stereocenters. The third-order valence-corrected chi connectivity index (χ3v) is 0.993. The summed E-state index contributed by atoms with van der Waals surface area (Å²) in [5.74, 6) is 0.152. The number of aryl methyl sites for hydroxylation is 1. The summed E-state index contributed by atoms with van der Waals surface area (Å²) in [7, 11) is 0. The smallest absolute Gasteiger partial charge is 0.123 e. The summed E-state index contributed by atoms with van der Waals surface area (Å²) in [6.45, 7) is -3.07. The van der Waals surface area contributed by atoms with E-state index < -0.39 is 19.6 Å². The van der Waals surface area contributed by atoms with Crippen LogP contribution in [0.1, 0.15) is 28.4 Å². The van der Waals surface area contributed by atoms with E-state index in [4.69, 9.17) is 15.3 Å². The molecule has 2 heteroatoms. The zero-order chi connectivity index (χ0) is 13.5. The van der Waals surface area contributed by atoms with Crippen LogP contribution >= 0.6 is 0 Å². The van der Waals surface area contributed by atoms with Gasteiger partial charge in [0.1, 0.15) is 5.82 Å². The largest absolute Gasteiger partial charge is 0.384 e. The van der Waals surface area contributed by atoms with Crippen LogP contribution < -0.4 is 5.73 Å². The molecule has 0 aromatic carbocycles. The first-order valence-corrected chi connectivity index (χ1v) is 2.72. The van der Waals surface area contributed by atoms with E-state index in [0.29, 0.717) is 0 Å². The van der Waals surface area contributed by atoms with Crippen molar-refractivity contribution in [1.82, 2.24) is 4.98 Å². The molecule has 0 atom stereocenters. The lowest BCUT2D eigenvalue weighted by Crippen LogP contribution is -1.90. The van der Waals surface area contributed by atoms with Crippen molar-refractivity contribution < 1.29 is 9.60 Å². The fourth-order valence-corrected chi connectivity index (χ4v) is 0.551. The maximum absolute atomic E-state index is 7.65. The lowest BCUT2D eigenvalue weighted by Gasteiger charge is -1.96. The molecule has 54 valence electrons. The molecule has 0 spiro atoms. The minimum absolute atomic E-state index is 0.152. The SMILES string of the molecule is [2H]C([2H])([2H])C([2H])([2H])C([2H])([2H])c1ccc(N)nc1. The highest BCUT2D eigenvalue weighted by molar-refractivity contribution is 5.29. The van der Waals surface area contributed by atoms with Crippen LogP contribution in [0.3, 0.4) is 0 Å². The van der Waals surface area contributed by atoms with Crippen LogP contribution in [0.5, 0.6) is 0 Å². The van der Waals surface area contributed by atoms with Crippen LogP contribution in [-0.2, 0) is 6.37 Å². The van der Waals surface area contributed by atoms with Crippen LogP contribution in [0, 0.1) is 0 Å². The van der Waals surface area contributed by atoms with E-state index in [1.165, 1.54) is 12.1 Å². The molecule has 0 radical (unpaired) electrons. The first kappa shape index (κ1) is 2.22. The Labute approximate surface area is 70.9 Å². The molecule has 0 fully saturated rings. The zero-order valence-corrected chi connectivity index (χ0v) is 5.26. The normalized spacial score (nSPS) is 24.2. The van der Waals surface area contributed by atoms with Crippen molar-refractivity contribution in [2.24, 2.45) is 0 Å². The van der Waals surface area contributed by atoms with E-state index in [0.717, 1.165) is 6.20 Å². The topological polar surface area (TPSA) is 38.9 Å². The van der Waals surface area contributed by atoms with Gasteiger partial charge in [0.25, 0.3) is 0 Å². The Morgan fingerprint density at radius 1 is 1.80 bits per heavy atom. The van der Waals surface area contributed by atoms with Gasteiger partial charge in [-0.1, -0.05) is 19.3 Å². The maximum atomic E-state index is 7.65. The van der Waals surface area contributed by atoms with Crippen molar-refractivity contribution in [3.63, 3.8) is 0 Å². The molecule has 0 aliphatic carbocycles. The highest BCUT2D eigenvalue weighted by Crippen LogP contribution is 2.02. The van der Waals surface area contributed by atoms with Gasteiger partial charge in [-0.2, -0.15) is 0 Å². The molecule has 0 bridgehead atoms. The molecule has 0 aliphatic rings.